The van der Waals surface area contributed by atoms with Gasteiger partial charge in [0.15, 0.2) is 17.6 Å². The lowest BCUT2D eigenvalue weighted by Crippen LogP contribution is -2.30. The summed E-state index contributed by atoms with van der Waals surface area (Å²) in [6.45, 7) is 2.24. The number of esters is 1. The van der Waals surface area contributed by atoms with E-state index in [1.807, 2.05) is 0 Å². The van der Waals surface area contributed by atoms with Gasteiger partial charge in [0.05, 0.1) is 11.3 Å². The molecular formula is C18H15BrFNO5. The van der Waals surface area contributed by atoms with Gasteiger partial charge in [0.25, 0.3) is 5.91 Å². The van der Waals surface area contributed by atoms with E-state index < -0.39 is 23.8 Å². The number of carbonyl (C=O) groups excluding carboxylic acids is 2. The van der Waals surface area contributed by atoms with Gasteiger partial charge in [0.1, 0.15) is 19.0 Å². The Labute approximate surface area is 157 Å². The van der Waals surface area contributed by atoms with Gasteiger partial charge >= 0.3 is 5.97 Å². The SMILES string of the molecule is CC(OC(=O)c1ccc2c(c1)OCCO2)C(=O)Nc1ccc(Br)cc1F. The van der Waals surface area contributed by atoms with E-state index in [2.05, 4.69) is 21.2 Å². The number of hydrogen-bond donors (Lipinski definition) is 1. The molecule has 0 radical (unpaired) electrons. The average molecular weight is 424 g/mol. The van der Waals surface area contributed by atoms with E-state index in [4.69, 9.17) is 14.2 Å². The number of halogens is 2. The maximum Gasteiger partial charge on any atom is 0.339 e. The molecule has 0 saturated heterocycles. The highest BCUT2D eigenvalue weighted by atomic mass is 79.9. The zero-order chi connectivity index (χ0) is 18.7. The Morgan fingerprint density at radius 2 is 1.88 bits per heavy atom. The van der Waals surface area contributed by atoms with E-state index in [1.165, 1.54) is 31.2 Å². The van der Waals surface area contributed by atoms with Crippen molar-refractivity contribution in [2.45, 2.75) is 13.0 Å². The van der Waals surface area contributed by atoms with Crippen molar-refractivity contribution in [3.63, 3.8) is 0 Å². The van der Waals surface area contributed by atoms with Crippen LogP contribution < -0.4 is 14.8 Å². The lowest BCUT2D eigenvalue weighted by atomic mass is 10.2. The molecule has 3 rings (SSSR count). The number of carbonyl (C=O) groups is 2. The predicted octanol–water partition coefficient (Wildman–Crippen LogP) is 3.54. The van der Waals surface area contributed by atoms with Gasteiger partial charge in [-0.15, -0.1) is 0 Å². The second-order valence-electron chi connectivity index (χ2n) is 5.52. The monoisotopic (exact) mass is 423 g/mol. The minimum Gasteiger partial charge on any atom is -0.486 e. The van der Waals surface area contributed by atoms with Gasteiger partial charge in [0.2, 0.25) is 0 Å². The van der Waals surface area contributed by atoms with Gasteiger partial charge in [-0.2, -0.15) is 0 Å². The van der Waals surface area contributed by atoms with Gasteiger partial charge in [-0.05, 0) is 43.3 Å². The average Bonchev–Trinajstić information content (AvgIpc) is 2.63. The third kappa shape index (κ3) is 4.13. The highest BCUT2D eigenvalue weighted by Gasteiger charge is 2.22. The first-order chi connectivity index (χ1) is 12.4. The summed E-state index contributed by atoms with van der Waals surface area (Å²) in [6.07, 6.45) is -1.11. The van der Waals surface area contributed by atoms with Crippen LogP contribution in [0.4, 0.5) is 10.1 Å². The van der Waals surface area contributed by atoms with Crippen LogP contribution in [-0.4, -0.2) is 31.2 Å². The summed E-state index contributed by atoms with van der Waals surface area (Å²) in [6, 6.07) is 8.84. The van der Waals surface area contributed by atoms with Crippen molar-refractivity contribution < 1.29 is 28.2 Å². The smallest absolute Gasteiger partial charge is 0.339 e. The molecule has 1 N–H and O–H groups in total. The molecule has 26 heavy (non-hydrogen) atoms. The van der Waals surface area contributed by atoms with E-state index in [0.29, 0.717) is 29.2 Å². The zero-order valence-electron chi connectivity index (χ0n) is 13.8. The fourth-order valence-electron chi connectivity index (χ4n) is 2.28. The number of hydrogen-bond acceptors (Lipinski definition) is 5. The molecular weight excluding hydrogens is 409 g/mol. The van der Waals surface area contributed by atoms with Crippen molar-refractivity contribution in [1.29, 1.82) is 0 Å². The highest BCUT2D eigenvalue weighted by molar-refractivity contribution is 9.10. The van der Waals surface area contributed by atoms with Crippen LogP contribution >= 0.6 is 15.9 Å². The van der Waals surface area contributed by atoms with E-state index in [0.717, 1.165) is 0 Å². The van der Waals surface area contributed by atoms with E-state index in [-0.39, 0.29) is 11.3 Å². The second kappa shape index (κ2) is 7.74. The van der Waals surface area contributed by atoms with Crippen molar-refractivity contribution in [3.8, 4) is 11.5 Å². The summed E-state index contributed by atoms with van der Waals surface area (Å²) < 4.78 is 30.3. The molecule has 0 bridgehead atoms. The van der Waals surface area contributed by atoms with Crippen LogP contribution in [0.25, 0.3) is 0 Å². The quantitative estimate of drug-likeness (QED) is 0.761. The zero-order valence-corrected chi connectivity index (χ0v) is 15.3. The van der Waals surface area contributed by atoms with Gasteiger partial charge in [-0.3, -0.25) is 4.79 Å². The molecule has 0 aliphatic carbocycles. The number of fused-ring (bicyclic) bond motifs is 1. The summed E-state index contributed by atoms with van der Waals surface area (Å²) in [4.78, 5) is 24.4. The largest absolute Gasteiger partial charge is 0.486 e. The minimum atomic E-state index is -1.11. The normalized spacial score (nSPS) is 13.7. The van der Waals surface area contributed by atoms with Crippen LogP contribution in [0.3, 0.4) is 0 Å². The molecule has 1 heterocycles. The van der Waals surface area contributed by atoms with Crippen molar-refractivity contribution >= 4 is 33.5 Å². The van der Waals surface area contributed by atoms with E-state index in [9.17, 15) is 14.0 Å². The third-order valence-corrected chi connectivity index (χ3v) is 4.11. The number of anilines is 1. The molecule has 0 saturated carbocycles. The minimum absolute atomic E-state index is 0.000397. The van der Waals surface area contributed by atoms with Crippen LogP contribution in [0.2, 0.25) is 0 Å². The molecule has 6 nitrogen and oxygen atoms in total. The standard InChI is InChI=1S/C18H15BrFNO5/c1-10(17(22)21-14-4-3-12(19)9-13(14)20)26-18(23)11-2-5-15-16(8-11)25-7-6-24-15/h2-5,8-10H,6-7H2,1H3,(H,21,22). The van der Waals surface area contributed by atoms with Crippen LogP contribution in [0.15, 0.2) is 40.9 Å². The molecule has 1 aliphatic rings. The first kappa shape index (κ1) is 18.2. The third-order valence-electron chi connectivity index (χ3n) is 3.62. The Kier molecular flexibility index (Phi) is 5.41. The van der Waals surface area contributed by atoms with Crippen LogP contribution in [0.5, 0.6) is 11.5 Å². The van der Waals surface area contributed by atoms with Gasteiger partial charge in [0, 0.05) is 4.47 Å². The Hall–Kier alpha value is -2.61. The summed E-state index contributed by atoms with van der Waals surface area (Å²) in [5, 5.41) is 2.39. The fraction of sp³-hybridized carbons (Fsp3) is 0.222. The molecule has 136 valence electrons. The summed E-state index contributed by atoms with van der Waals surface area (Å²) >= 11 is 3.13. The summed E-state index contributed by atoms with van der Waals surface area (Å²) in [7, 11) is 0. The Balaban J connectivity index is 1.64. The van der Waals surface area contributed by atoms with Crippen LogP contribution in [-0.2, 0) is 9.53 Å². The molecule has 1 amide bonds. The first-order valence-corrected chi connectivity index (χ1v) is 8.60. The van der Waals surface area contributed by atoms with E-state index >= 15 is 0 Å². The number of rotatable bonds is 4. The fourth-order valence-corrected chi connectivity index (χ4v) is 2.61. The molecule has 8 heteroatoms. The molecule has 0 aromatic heterocycles. The van der Waals surface area contributed by atoms with Crippen molar-refractivity contribution in [2.24, 2.45) is 0 Å². The molecule has 2 aromatic carbocycles. The maximum atomic E-state index is 13.8. The van der Waals surface area contributed by atoms with Crippen molar-refractivity contribution in [1.82, 2.24) is 0 Å². The first-order valence-electron chi connectivity index (χ1n) is 7.80. The molecule has 0 fully saturated rings. The molecule has 1 aliphatic heterocycles. The molecule has 1 unspecified atom stereocenters. The van der Waals surface area contributed by atoms with Crippen LogP contribution in [0.1, 0.15) is 17.3 Å². The Bertz CT molecular complexity index is 857. The predicted molar refractivity (Wildman–Crippen MR) is 95.0 cm³/mol. The molecule has 2 aromatic rings. The number of amides is 1. The Morgan fingerprint density at radius 1 is 1.15 bits per heavy atom. The van der Waals surface area contributed by atoms with Crippen molar-refractivity contribution in [3.05, 3.63) is 52.3 Å². The number of ether oxygens (including phenoxy) is 3. The van der Waals surface area contributed by atoms with Crippen molar-refractivity contribution in [2.75, 3.05) is 18.5 Å². The number of benzene rings is 2. The number of nitrogens with one attached hydrogen (secondary N) is 1. The molecule has 1 atom stereocenters. The lowest BCUT2D eigenvalue weighted by Gasteiger charge is -2.19. The second-order valence-corrected chi connectivity index (χ2v) is 6.44. The van der Waals surface area contributed by atoms with E-state index in [1.54, 1.807) is 12.1 Å². The van der Waals surface area contributed by atoms with Gasteiger partial charge in [-0.25, -0.2) is 9.18 Å². The maximum absolute atomic E-state index is 13.8. The molecule has 0 spiro atoms. The summed E-state index contributed by atoms with van der Waals surface area (Å²) in [5.74, 6) is -0.944. The summed E-state index contributed by atoms with van der Waals surface area (Å²) in [5.41, 5.74) is 0.226. The van der Waals surface area contributed by atoms with Crippen LogP contribution in [0, 0.1) is 5.82 Å². The topological polar surface area (TPSA) is 73.9 Å². The van der Waals surface area contributed by atoms with Gasteiger partial charge < -0.3 is 19.5 Å². The Morgan fingerprint density at radius 3 is 2.62 bits per heavy atom. The lowest BCUT2D eigenvalue weighted by molar-refractivity contribution is -0.123. The van der Waals surface area contributed by atoms with Gasteiger partial charge in [-0.1, -0.05) is 15.9 Å². The highest BCUT2D eigenvalue weighted by Crippen LogP contribution is 2.31.